The van der Waals surface area contributed by atoms with Crippen molar-refractivity contribution < 1.29 is 14.4 Å². The summed E-state index contributed by atoms with van der Waals surface area (Å²) in [5.74, 6) is 1.48. The average Bonchev–Trinajstić information content (AvgIpc) is 2.98. The molecule has 1 saturated heterocycles. The Morgan fingerprint density at radius 1 is 1.26 bits per heavy atom. The second-order valence-corrected chi connectivity index (χ2v) is 4.58. The van der Waals surface area contributed by atoms with Crippen molar-refractivity contribution in [2.45, 2.75) is 25.4 Å². The molecule has 6 heteroatoms. The minimum Gasteiger partial charge on any atom is -0.392 e. The number of aliphatic hydroxyl groups is 1. The van der Waals surface area contributed by atoms with Crippen molar-refractivity contribution in [1.29, 1.82) is 0 Å². The number of aliphatic hydroxyl groups excluding tert-OH is 1. The fraction of sp³-hybridized carbons (Fsp3) is 0.462. The molecule has 1 aliphatic rings. The molecule has 1 fully saturated rings. The molecule has 0 bridgehead atoms. The largest absolute Gasteiger partial charge is 0.392 e. The summed E-state index contributed by atoms with van der Waals surface area (Å²) in [7, 11) is 0. The molecule has 2 aromatic heterocycles. The average molecular weight is 261 g/mol. The lowest BCUT2D eigenvalue weighted by atomic mass is 10.00. The molecule has 0 atom stereocenters. The molecular weight excluding hydrogens is 246 g/mol. The van der Waals surface area contributed by atoms with E-state index < -0.39 is 0 Å². The van der Waals surface area contributed by atoms with Gasteiger partial charge in [-0.15, -0.1) is 0 Å². The van der Waals surface area contributed by atoms with Gasteiger partial charge in [-0.2, -0.15) is 4.98 Å². The molecule has 0 unspecified atom stereocenters. The lowest BCUT2D eigenvalue weighted by molar-refractivity contribution is 0.0830. The van der Waals surface area contributed by atoms with Crippen LogP contribution in [0.5, 0.6) is 0 Å². The quantitative estimate of drug-likeness (QED) is 0.902. The van der Waals surface area contributed by atoms with Gasteiger partial charge in [-0.1, -0.05) is 5.16 Å². The Bertz CT molecular complexity index is 550. The first-order valence-corrected chi connectivity index (χ1v) is 6.33. The highest BCUT2D eigenvalue weighted by molar-refractivity contribution is 5.52. The minimum absolute atomic E-state index is 0.0538. The smallest absolute Gasteiger partial charge is 0.259 e. The third kappa shape index (κ3) is 2.64. The van der Waals surface area contributed by atoms with E-state index in [0.29, 0.717) is 11.8 Å². The van der Waals surface area contributed by atoms with Crippen LogP contribution in [0.1, 0.15) is 30.1 Å². The standard InChI is InChI=1S/C13H15N3O3/c17-8-9-5-11(7-14-6-9)13-15-12(16-19-13)10-1-3-18-4-2-10/h5-7,10,17H,1-4,8H2. The van der Waals surface area contributed by atoms with E-state index in [2.05, 4.69) is 15.1 Å². The SMILES string of the molecule is OCc1cncc(-c2nc(C3CCOCC3)no2)c1. The fourth-order valence-electron chi connectivity index (χ4n) is 2.16. The molecule has 1 aliphatic heterocycles. The van der Waals surface area contributed by atoms with Gasteiger partial charge in [0.2, 0.25) is 0 Å². The van der Waals surface area contributed by atoms with E-state index in [1.165, 1.54) is 0 Å². The van der Waals surface area contributed by atoms with Crippen LogP contribution in [0.3, 0.4) is 0 Å². The van der Waals surface area contributed by atoms with E-state index in [9.17, 15) is 0 Å². The molecule has 19 heavy (non-hydrogen) atoms. The zero-order chi connectivity index (χ0) is 13.1. The maximum atomic E-state index is 9.10. The summed E-state index contributed by atoms with van der Waals surface area (Å²) in [5.41, 5.74) is 1.46. The van der Waals surface area contributed by atoms with Crippen molar-refractivity contribution in [3.05, 3.63) is 29.8 Å². The van der Waals surface area contributed by atoms with Gasteiger partial charge in [-0.3, -0.25) is 4.98 Å². The molecule has 0 radical (unpaired) electrons. The van der Waals surface area contributed by atoms with Crippen LogP contribution < -0.4 is 0 Å². The molecule has 0 aliphatic carbocycles. The number of ether oxygens (including phenoxy) is 1. The number of aromatic nitrogens is 3. The highest BCUT2D eigenvalue weighted by Crippen LogP contribution is 2.26. The summed E-state index contributed by atoms with van der Waals surface area (Å²) in [6, 6.07) is 1.80. The van der Waals surface area contributed by atoms with E-state index in [1.807, 2.05) is 0 Å². The van der Waals surface area contributed by atoms with Crippen molar-refractivity contribution in [2.75, 3.05) is 13.2 Å². The van der Waals surface area contributed by atoms with Gasteiger partial charge < -0.3 is 14.4 Å². The summed E-state index contributed by atoms with van der Waals surface area (Å²) < 4.78 is 10.6. The third-order valence-electron chi connectivity index (χ3n) is 3.25. The van der Waals surface area contributed by atoms with Crippen LogP contribution in [0, 0.1) is 0 Å². The third-order valence-corrected chi connectivity index (χ3v) is 3.25. The predicted octanol–water partition coefficient (Wildman–Crippen LogP) is 1.52. The van der Waals surface area contributed by atoms with Crippen LogP contribution in [0.2, 0.25) is 0 Å². The first-order valence-electron chi connectivity index (χ1n) is 6.33. The van der Waals surface area contributed by atoms with Gasteiger partial charge >= 0.3 is 0 Å². The van der Waals surface area contributed by atoms with Gasteiger partial charge in [0.1, 0.15) is 0 Å². The van der Waals surface area contributed by atoms with E-state index in [-0.39, 0.29) is 6.61 Å². The summed E-state index contributed by atoms with van der Waals surface area (Å²) >= 11 is 0. The van der Waals surface area contributed by atoms with Crippen molar-refractivity contribution in [3.8, 4) is 11.5 Å². The molecule has 0 spiro atoms. The number of nitrogens with zero attached hydrogens (tertiary/aromatic N) is 3. The Morgan fingerprint density at radius 3 is 2.89 bits per heavy atom. The highest BCUT2D eigenvalue weighted by Gasteiger charge is 2.21. The molecule has 6 nitrogen and oxygen atoms in total. The number of hydrogen-bond acceptors (Lipinski definition) is 6. The van der Waals surface area contributed by atoms with Gasteiger partial charge in [0.15, 0.2) is 5.82 Å². The second kappa shape index (κ2) is 5.46. The van der Waals surface area contributed by atoms with Crippen LogP contribution in [-0.4, -0.2) is 33.4 Å². The summed E-state index contributed by atoms with van der Waals surface area (Å²) in [5, 5.41) is 13.1. The van der Waals surface area contributed by atoms with Crippen LogP contribution in [0.15, 0.2) is 23.0 Å². The van der Waals surface area contributed by atoms with E-state index in [0.717, 1.165) is 43.0 Å². The maximum absolute atomic E-state index is 9.10. The zero-order valence-electron chi connectivity index (χ0n) is 10.5. The monoisotopic (exact) mass is 261 g/mol. The van der Waals surface area contributed by atoms with E-state index in [1.54, 1.807) is 18.5 Å². The Labute approximate surface area is 110 Å². The van der Waals surface area contributed by atoms with Crippen LogP contribution in [0.25, 0.3) is 11.5 Å². The molecule has 100 valence electrons. The van der Waals surface area contributed by atoms with Gasteiger partial charge in [0.25, 0.3) is 5.89 Å². The van der Waals surface area contributed by atoms with Crippen molar-refractivity contribution in [2.24, 2.45) is 0 Å². The molecule has 0 saturated carbocycles. The number of hydrogen-bond donors (Lipinski definition) is 1. The summed E-state index contributed by atoms with van der Waals surface area (Å²) in [4.78, 5) is 8.47. The van der Waals surface area contributed by atoms with Gasteiger partial charge in [-0.05, 0) is 24.5 Å². The minimum atomic E-state index is -0.0538. The Balaban J connectivity index is 1.83. The topological polar surface area (TPSA) is 81.3 Å². The highest BCUT2D eigenvalue weighted by atomic mass is 16.5. The van der Waals surface area contributed by atoms with Crippen LogP contribution >= 0.6 is 0 Å². The Morgan fingerprint density at radius 2 is 2.11 bits per heavy atom. The second-order valence-electron chi connectivity index (χ2n) is 4.58. The maximum Gasteiger partial charge on any atom is 0.259 e. The first kappa shape index (κ1) is 12.3. The number of pyridine rings is 1. The summed E-state index contributed by atoms with van der Waals surface area (Å²) in [6.07, 6.45) is 5.11. The fourth-order valence-corrected chi connectivity index (χ4v) is 2.16. The Hall–Kier alpha value is -1.79. The van der Waals surface area contributed by atoms with Crippen LogP contribution in [0.4, 0.5) is 0 Å². The molecule has 2 aromatic rings. The lowest BCUT2D eigenvalue weighted by Crippen LogP contribution is -2.15. The van der Waals surface area contributed by atoms with Gasteiger partial charge in [0.05, 0.1) is 12.2 Å². The van der Waals surface area contributed by atoms with Crippen molar-refractivity contribution >= 4 is 0 Å². The van der Waals surface area contributed by atoms with E-state index in [4.69, 9.17) is 14.4 Å². The van der Waals surface area contributed by atoms with E-state index >= 15 is 0 Å². The van der Waals surface area contributed by atoms with Crippen molar-refractivity contribution in [1.82, 2.24) is 15.1 Å². The molecule has 0 aromatic carbocycles. The molecule has 3 heterocycles. The lowest BCUT2D eigenvalue weighted by Gasteiger charge is -2.18. The molecule has 0 amide bonds. The van der Waals surface area contributed by atoms with Crippen molar-refractivity contribution in [3.63, 3.8) is 0 Å². The molecule has 3 rings (SSSR count). The Kier molecular flexibility index (Phi) is 3.52. The van der Waals surface area contributed by atoms with Gasteiger partial charge in [0, 0.05) is 31.5 Å². The first-order chi connectivity index (χ1) is 9.36. The normalized spacial score (nSPS) is 16.7. The molecular formula is C13H15N3O3. The predicted molar refractivity (Wildman–Crippen MR) is 66.2 cm³/mol. The zero-order valence-corrected chi connectivity index (χ0v) is 10.5. The molecule has 1 N–H and O–H groups in total. The van der Waals surface area contributed by atoms with Gasteiger partial charge in [-0.25, -0.2) is 0 Å². The summed E-state index contributed by atoms with van der Waals surface area (Å²) in [6.45, 7) is 1.44. The van der Waals surface area contributed by atoms with Crippen LogP contribution in [-0.2, 0) is 11.3 Å². The number of rotatable bonds is 3.